The van der Waals surface area contributed by atoms with Crippen LogP contribution in [0.5, 0.6) is 0 Å². The zero-order chi connectivity index (χ0) is 23.3. The Kier molecular flexibility index (Phi) is 11.9. The molecule has 0 bridgehead atoms. The molecule has 1 unspecified atom stereocenters. The molecule has 0 aromatic carbocycles. The number of nitrogens with one attached hydrogen (secondary N) is 3. The molecular weight excluding hydrogens is 432 g/mol. The van der Waals surface area contributed by atoms with E-state index in [-0.39, 0.29) is 36.2 Å². The minimum atomic E-state index is -1.05. The zero-order valence-corrected chi connectivity index (χ0v) is 19.6. The van der Waals surface area contributed by atoms with E-state index in [1.54, 1.807) is 0 Å². The molecule has 0 radical (unpaired) electrons. The quantitative estimate of drug-likeness (QED) is 0.123. The highest BCUT2D eigenvalue weighted by Crippen LogP contribution is 2.33. The number of hydrogen-bond acceptors (Lipinski definition) is 6. The highest BCUT2D eigenvalue weighted by molar-refractivity contribution is 8.00. The first kappa shape index (κ1) is 26.4. The fraction of sp³-hybridized carbons (Fsp3) is 0.818. The second-order valence-electron chi connectivity index (χ2n) is 8.67. The predicted octanol–water partition coefficient (Wildman–Crippen LogP) is 1.79. The van der Waals surface area contributed by atoms with Gasteiger partial charge in [0.05, 0.1) is 12.1 Å². The van der Waals surface area contributed by atoms with Crippen LogP contribution in [-0.2, 0) is 14.4 Å². The summed E-state index contributed by atoms with van der Waals surface area (Å²) in [5.41, 5.74) is 5.42. The van der Waals surface area contributed by atoms with Gasteiger partial charge in [0.25, 0.3) is 0 Å². The number of rotatable bonds is 17. The fourth-order valence-corrected chi connectivity index (χ4v) is 5.82. The summed E-state index contributed by atoms with van der Waals surface area (Å²) in [5.74, 6) is -1.19. The van der Waals surface area contributed by atoms with Crippen LogP contribution in [0.3, 0.4) is 0 Å². The average Bonchev–Trinajstić information content (AvgIpc) is 3.30. The van der Waals surface area contributed by atoms with Crippen molar-refractivity contribution in [1.82, 2.24) is 16.0 Å². The molecule has 32 heavy (non-hydrogen) atoms. The van der Waals surface area contributed by atoms with Crippen LogP contribution in [0.25, 0.3) is 0 Å². The number of carbonyl (C=O) groups is 4. The second-order valence-corrected chi connectivity index (χ2v) is 9.94. The van der Waals surface area contributed by atoms with Crippen LogP contribution < -0.4 is 21.7 Å². The molecule has 0 aromatic heterocycles. The predicted molar refractivity (Wildman–Crippen MR) is 124 cm³/mol. The van der Waals surface area contributed by atoms with Gasteiger partial charge >= 0.3 is 12.0 Å². The summed E-state index contributed by atoms with van der Waals surface area (Å²) in [5, 5.41) is 18.5. The summed E-state index contributed by atoms with van der Waals surface area (Å²) in [6.45, 7) is 1.08. The lowest BCUT2D eigenvalue weighted by Crippen LogP contribution is -2.36. The molecule has 9 nitrogen and oxygen atoms in total. The van der Waals surface area contributed by atoms with E-state index < -0.39 is 11.9 Å². The van der Waals surface area contributed by atoms with Gasteiger partial charge in [-0.3, -0.25) is 14.4 Å². The van der Waals surface area contributed by atoms with Crippen LogP contribution in [-0.4, -0.2) is 65.0 Å². The number of fused-ring (bicyclic) bond motifs is 1. The average molecular weight is 471 g/mol. The molecule has 2 aliphatic heterocycles. The van der Waals surface area contributed by atoms with Crippen LogP contribution in [0.4, 0.5) is 4.79 Å². The van der Waals surface area contributed by atoms with Crippen molar-refractivity contribution in [1.29, 1.82) is 0 Å². The Bertz CT molecular complexity index is 648. The lowest BCUT2D eigenvalue weighted by Gasteiger charge is -2.16. The van der Waals surface area contributed by atoms with Gasteiger partial charge in [-0.15, -0.1) is 0 Å². The molecule has 0 aromatic rings. The molecule has 2 aliphatic rings. The Morgan fingerprint density at radius 3 is 2.59 bits per heavy atom. The number of carbonyl (C=O) groups excluding carboxylic acids is 3. The van der Waals surface area contributed by atoms with Gasteiger partial charge in [-0.1, -0.05) is 19.3 Å². The molecule has 2 saturated heterocycles. The summed E-state index contributed by atoms with van der Waals surface area (Å²) in [6.07, 6.45) is 7.49. The van der Waals surface area contributed by atoms with Crippen molar-refractivity contribution in [3.8, 4) is 0 Å². The Morgan fingerprint density at radius 1 is 1.06 bits per heavy atom. The Labute approximate surface area is 194 Å². The molecule has 0 spiro atoms. The monoisotopic (exact) mass is 470 g/mol. The number of carboxylic acid groups (broad SMARTS) is 1. The van der Waals surface area contributed by atoms with Gasteiger partial charge in [0, 0.05) is 30.4 Å². The van der Waals surface area contributed by atoms with Gasteiger partial charge in [0.15, 0.2) is 0 Å². The number of thioether (sulfide) groups is 1. The van der Waals surface area contributed by atoms with Crippen LogP contribution in [0.15, 0.2) is 0 Å². The standard InChI is InChI=1S/C22H38N4O5S/c23-12-6-5-8-15(21(29)30)17(27)9-2-1-7-13-24-19(28)11-4-3-10-18-20-16(14-32-18)25-22(31)26-20/h15-16,18,20H,1-14,23H2,(H,24,28)(H,29,30)(H2,25,26,31)/t15?,16-,18-,20-/m0/s1. The van der Waals surface area contributed by atoms with Crippen LogP contribution in [0.2, 0.25) is 0 Å². The normalized spacial score (nSPS) is 22.7. The van der Waals surface area contributed by atoms with Gasteiger partial charge < -0.3 is 26.8 Å². The molecule has 3 amide bonds. The van der Waals surface area contributed by atoms with Crippen LogP contribution in [0.1, 0.15) is 70.6 Å². The number of aliphatic carboxylic acids is 1. The molecule has 182 valence electrons. The smallest absolute Gasteiger partial charge is 0.315 e. The van der Waals surface area contributed by atoms with E-state index >= 15 is 0 Å². The molecule has 0 saturated carbocycles. The first-order chi connectivity index (χ1) is 15.4. The van der Waals surface area contributed by atoms with E-state index in [4.69, 9.17) is 5.73 Å². The van der Waals surface area contributed by atoms with E-state index in [0.717, 1.165) is 44.3 Å². The summed E-state index contributed by atoms with van der Waals surface area (Å²) in [7, 11) is 0. The molecule has 6 N–H and O–H groups in total. The molecule has 2 fully saturated rings. The topological polar surface area (TPSA) is 151 Å². The summed E-state index contributed by atoms with van der Waals surface area (Å²) < 4.78 is 0. The van der Waals surface area contributed by atoms with Crippen molar-refractivity contribution in [3.63, 3.8) is 0 Å². The number of amides is 3. The largest absolute Gasteiger partial charge is 0.481 e. The van der Waals surface area contributed by atoms with Gasteiger partial charge in [0.1, 0.15) is 11.7 Å². The zero-order valence-electron chi connectivity index (χ0n) is 18.8. The van der Waals surface area contributed by atoms with E-state index in [2.05, 4.69) is 16.0 Å². The number of ketones is 1. The molecule has 10 heteroatoms. The van der Waals surface area contributed by atoms with Crippen molar-refractivity contribution in [2.45, 2.75) is 88.0 Å². The number of urea groups is 1. The number of hydrogen-bond donors (Lipinski definition) is 5. The molecule has 0 aliphatic carbocycles. The summed E-state index contributed by atoms with van der Waals surface area (Å²) in [6, 6.07) is 0.380. The van der Waals surface area contributed by atoms with Crippen molar-refractivity contribution >= 4 is 35.5 Å². The fourth-order valence-electron chi connectivity index (χ4n) is 4.28. The summed E-state index contributed by atoms with van der Waals surface area (Å²) in [4.78, 5) is 46.8. The maximum Gasteiger partial charge on any atom is 0.315 e. The molecule has 2 heterocycles. The second kappa shape index (κ2) is 14.4. The highest BCUT2D eigenvalue weighted by Gasteiger charge is 2.42. The van der Waals surface area contributed by atoms with E-state index in [0.29, 0.717) is 44.0 Å². The van der Waals surface area contributed by atoms with E-state index in [1.165, 1.54) is 0 Å². The molecular formula is C22H38N4O5S. The number of unbranched alkanes of at least 4 members (excludes halogenated alkanes) is 4. The SMILES string of the molecule is NCCCCC(C(=O)O)C(=O)CCCCCNC(=O)CCCC[C@@H]1SC[C@@H]2NC(=O)N[C@@H]21. The Hall–Kier alpha value is -1.81. The van der Waals surface area contributed by atoms with Gasteiger partial charge in [-0.2, -0.15) is 11.8 Å². The van der Waals surface area contributed by atoms with E-state index in [1.807, 2.05) is 11.8 Å². The van der Waals surface area contributed by atoms with Crippen molar-refractivity contribution in [2.75, 3.05) is 18.8 Å². The number of Topliss-reactive ketones (excluding diaryl/α,β-unsaturated/α-hetero) is 1. The van der Waals surface area contributed by atoms with Crippen molar-refractivity contribution < 1.29 is 24.3 Å². The van der Waals surface area contributed by atoms with Crippen LogP contribution in [0, 0.1) is 5.92 Å². The molecule has 4 atom stereocenters. The Balaban J connectivity index is 1.46. The number of nitrogens with two attached hydrogens (primary N) is 1. The van der Waals surface area contributed by atoms with Gasteiger partial charge in [-0.25, -0.2) is 4.79 Å². The number of carboxylic acids is 1. The molecule has 2 rings (SSSR count). The maximum absolute atomic E-state index is 12.1. The minimum Gasteiger partial charge on any atom is -0.481 e. The van der Waals surface area contributed by atoms with E-state index in [9.17, 15) is 24.3 Å². The first-order valence-corrected chi connectivity index (χ1v) is 12.9. The van der Waals surface area contributed by atoms with Gasteiger partial charge in [-0.05, 0) is 45.1 Å². The lowest BCUT2D eigenvalue weighted by molar-refractivity contribution is -0.146. The Morgan fingerprint density at radius 2 is 1.84 bits per heavy atom. The summed E-state index contributed by atoms with van der Waals surface area (Å²) >= 11 is 1.89. The third-order valence-corrected chi connectivity index (χ3v) is 7.65. The third kappa shape index (κ3) is 8.97. The highest BCUT2D eigenvalue weighted by atomic mass is 32.2. The van der Waals surface area contributed by atoms with Crippen molar-refractivity contribution in [3.05, 3.63) is 0 Å². The lowest BCUT2D eigenvalue weighted by atomic mass is 9.94. The van der Waals surface area contributed by atoms with Crippen molar-refractivity contribution in [2.24, 2.45) is 11.7 Å². The maximum atomic E-state index is 12.1. The minimum absolute atomic E-state index is 0.0414. The third-order valence-electron chi connectivity index (χ3n) is 6.14. The first-order valence-electron chi connectivity index (χ1n) is 11.8. The van der Waals surface area contributed by atoms with Gasteiger partial charge in [0.2, 0.25) is 5.91 Å². The van der Waals surface area contributed by atoms with Crippen LogP contribution >= 0.6 is 11.8 Å².